The quantitative estimate of drug-likeness (QED) is 0.500. The van der Waals surface area contributed by atoms with Crippen LogP contribution in [0.5, 0.6) is 0 Å². The molecular weight excluding hydrogens is 368 g/mol. The summed E-state index contributed by atoms with van der Waals surface area (Å²) in [6, 6.07) is -0.344. The second-order valence-corrected chi connectivity index (χ2v) is 8.96. The third-order valence-electron chi connectivity index (χ3n) is 4.36. The van der Waals surface area contributed by atoms with Crippen LogP contribution in [0.3, 0.4) is 0 Å². The van der Waals surface area contributed by atoms with Crippen LogP contribution in [-0.4, -0.2) is 61.1 Å². The summed E-state index contributed by atoms with van der Waals surface area (Å²) in [5.41, 5.74) is 0.349. The van der Waals surface area contributed by atoms with Crippen molar-refractivity contribution in [2.45, 2.75) is 42.0 Å². The van der Waals surface area contributed by atoms with Gasteiger partial charge in [0.2, 0.25) is 11.8 Å². The molecule has 8 nitrogen and oxygen atoms in total. The number of carboxylic acids is 2. The summed E-state index contributed by atoms with van der Waals surface area (Å²) < 4.78 is -0.703. The van der Waals surface area contributed by atoms with Gasteiger partial charge in [-0.25, -0.2) is 4.79 Å². The summed E-state index contributed by atoms with van der Waals surface area (Å²) in [5.74, 6) is -5.08. The average Bonchev–Trinajstić information content (AvgIpc) is 3.09. The van der Waals surface area contributed by atoms with Crippen molar-refractivity contribution < 1.29 is 29.4 Å². The molecule has 25 heavy (non-hydrogen) atoms. The lowest BCUT2D eigenvalue weighted by Gasteiger charge is -2.43. The highest BCUT2D eigenvalue weighted by Gasteiger charge is 2.64. The van der Waals surface area contributed by atoms with Crippen LogP contribution < -0.4 is 5.32 Å². The van der Waals surface area contributed by atoms with Gasteiger partial charge in [0.05, 0.1) is 0 Å². The van der Waals surface area contributed by atoms with E-state index in [0.29, 0.717) is 5.56 Å². The van der Waals surface area contributed by atoms with Gasteiger partial charge in [-0.05, 0) is 36.2 Å². The van der Waals surface area contributed by atoms with Gasteiger partial charge in [-0.1, -0.05) is 0 Å². The molecule has 0 radical (unpaired) electrons. The van der Waals surface area contributed by atoms with Crippen LogP contribution in [0, 0.1) is 0 Å². The fraction of sp³-hybridized carbons (Fsp3) is 0.467. The van der Waals surface area contributed by atoms with Gasteiger partial charge >= 0.3 is 11.9 Å². The molecule has 3 heterocycles. The highest BCUT2D eigenvalue weighted by atomic mass is 32.2. The van der Waals surface area contributed by atoms with E-state index in [9.17, 15) is 29.4 Å². The van der Waals surface area contributed by atoms with Crippen LogP contribution in [0.25, 0.3) is 0 Å². The van der Waals surface area contributed by atoms with Crippen molar-refractivity contribution in [3.05, 3.63) is 22.4 Å². The Morgan fingerprint density at radius 2 is 2.00 bits per heavy atom. The van der Waals surface area contributed by atoms with E-state index in [1.807, 2.05) is 0 Å². The number of nitrogens with zero attached hydrogens (tertiary/aromatic N) is 1. The van der Waals surface area contributed by atoms with Gasteiger partial charge in [-0.2, -0.15) is 11.3 Å². The fourth-order valence-corrected chi connectivity index (χ4v) is 5.54. The van der Waals surface area contributed by atoms with Gasteiger partial charge < -0.3 is 20.4 Å². The van der Waals surface area contributed by atoms with Crippen molar-refractivity contribution in [3.8, 4) is 0 Å². The summed E-state index contributed by atoms with van der Waals surface area (Å²) >= 11 is 2.56. The maximum absolute atomic E-state index is 12.4. The zero-order valence-corrected chi connectivity index (χ0v) is 15.0. The average molecular weight is 384 g/mol. The lowest BCUT2D eigenvalue weighted by atomic mass is 9.95. The summed E-state index contributed by atoms with van der Waals surface area (Å²) in [5, 5.41) is 23.9. The molecule has 1 aromatic heterocycles. The number of β-lactam (4-membered cyclic amide) rings is 1. The lowest BCUT2D eigenvalue weighted by Crippen LogP contribution is -2.71. The molecule has 10 heteroatoms. The van der Waals surface area contributed by atoms with Gasteiger partial charge in [0.25, 0.3) is 0 Å². The van der Waals surface area contributed by atoms with Crippen molar-refractivity contribution in [1.82, 2.24) is 10.2 Å². The zero-order valence-electron chi connectivity index (χ0n) is 13.3. The molecule has 2 amide bonds. The molecule has 0 aliphatic carbocycles. The van der Waals surface area contributed by atoms with E-state index in [-0.39, 0.29) is 0 Å². The first-order valence-corrected chi connectivity index (χ1v) is 9.25. The summed E-state index contributed by atoms with van der Waals surface area (Å²) in [7, 11) is 0. The number of hydrogen-bond donors (Lipinski definition) is 3. The smallest absolute Gasteiger partial charge is 0.327 e. The summed E-state index contributed by atoms with van der Waals surface area (Å²) in [6.45, 7) is 3.46. The van der Waals surface area contributed by atoms with Crippen molar-refractivity contribution in [3.63, 3.8) is 0 Å². The van der Waals surface area contributed by atoms with E-state index in [1.54, 1.807) is 30.7 Å². The van der Waals surface area contributed by atoms with Gasteiger partial charge in [-0.3, -0.25) is 14.4 Å². The maximum atomic E-state index is 12.4. The molecule has 1 aromatic rings. The van der Waals surface area contributed by atoms with Crippen LogP contribution in [0.4, 0.5) is 0 Å². The first-order chi connectivity index (χ1) is 11.6. The number of carboxylic acid groups (broad SMARTS) is 2. The Labute approximate surface area is 151 Å². The highest BCUT2D eigenvalue weighted by Crippen LogP contribution is 2.50. The van der Waals surface area contributed by atoms with Crippen LogP contribution in [0.1, 0.15) is 25.3 Å². The Morgan fingerprint density at radius 3 is 2.52 bits per heavy atom. The molecule has 2 aliphatic heterocycles. The predicted molar refractivity (Wildman–Crippen MR) is 90.4 cm³/mol. The standard InChI is InChI=1S/C15H16N2O6S2/c1-15(2)9(14(22)23)17-11(19)8(12(17)25-15)16-10(18)7(13(20)21)6-3-4-24-5-6/h3-5,7-9,12H,1-2H3,(H,16,18)(H,20,21)(H,22,23)/t7?,8-,9+,12+/m0/s1. The second kappa shape index (κ2) is 6.03. The van der Waals surface area contributed by atoms with E-state index in [2.05, 4.69) is 5.32 Å². The number of thiophene rings is 1. The third kappa shape index (κ3) is 2.78. The lowest BCUT2D eigenvalue weighted by molar-refractivity contribution is -0.161. The SMILES string of the molecule is CC1(C)S[C@@H]2[C@@H](NC(=O)C(C(=O)O)c3ccsc3)C(=O)N2[C@@H]1C(=O)O. The first kappa shape index (κ1) is 17.7. The number of amides is 2. The minimum Gasteiger partial charge on any atom is -0.480 e. The van der Waals surface area contributed by atoms with Gasteiger partial charge in [0.15, 0.2) is 5.92 Å². The van der Waals surface area contributed by atoms with Crippen LogP contribution in [-0.2, 0) is 19.2 Å². The summed E-state index contributed by atoms with van der Waals surface area (Å²) in [6.07, 6.45) is 0. The molecule has 4 atom stereocenters. The van der Waals surface area contributed by atoms with E-state index >= 15 is 0 Å². The zero-order chi connectivity index (χ0) is 18.5. The molecule has 2 saturated heterocycles. The molecule has 1 unspecified atom stereocenters. The number of carbonyl (C=O) groups is 4. The molecule has 2 aliphatic rings. The normalized spacial score (nSPS) is 28.0. The minimum atomic E-state index is -1.40. The van der Waals surface area contributed by atoms with Crippen LogP contribution >= 0.6 is 23.1 Å². The van der Waals surface area contributed by atoms with Crippen molar-refractivity contribution >= 4 is 46.9 Å². The number of thioether (sulfide) groups is 1. The highest BCUT2D eigenvalue weighted by molar-refractivity contribution is 8.01. The Balaban J connectivity index is 1.77. The molecule has 134 valence electrons. The van der Waals surface area contributed by atoms with Gasteiger partial charge in [0, 0.05) is 4.75 Å². The van der Waals surface area contributed by atoms with E-state index in [0.717, 1.165) is 0 Å². The topological polar surface area (TPSA) is 124 Å². The Hall–Kier alpha value is -2.07. The second-order valence-electron chi connectivity index (χ2n) is 6.41. The first-order valence-electron chi connectivity index (χ1n) is 7.43. The van der Waals surface area contributed by atoms with Crippen LogP contribution in [0.2, 0.25) is 0 Å². The van der Waals surface area contributed by atoms with Crippen molar-refractivity contribution in [1.29, 1.82) is 0 Å². The number of rotatable bonds is 5. The fourth-order valence-electron chi connectivity index (χ4n) is 3.23. The van der Waals surface area contributed by atoms with Crippen molar-refractivity contribution in [2.75, 3.05) is 0 Å². The molecule has 3 rings (SSSR count). The van der Waals surface area contributed by atoms with Crippen LogP contribution in [0.15, 0.2) is 16.8 Å². The molecule has 0 aromatic carbocycles. The van der Waals surface area contributed by atoms with Gasteiger partial charge in [0.1, 0.15) is 17.5 Å². The number of carbonyl (C=O) groups excluding carboxylic acids is 2. The summed E-state index contributed by atoms with van der Waals surface area (Å²) in [4.78, 5) is 48.9. The molecule has 3 N–H and O–H groups in total. The largest absolute Gasteiger partial charge is 0.480 e. The number of hydrogen-bond acceptors (Lipinski definition) is 6. The Bertz CT molecular complexity index is 747. The number of nitrogens with one attached hydrogen (secondary N) is 1. The monoisotopic (exact) mass is 384 g/mol. The predicted octanol–water partition coefficient (Wildman–Crippen LogP) is 0.548. The van der Waals surface area contributed by atoms with Gasteiger partial charge in [-0.15, -0.1) is 11.8 Å². The van der Waals surface area contributed by atoms with E-state index < -0.39 is 51.9 Å². The molecule has 0 spiro atoms. The Kier molecular flexibility index (Phi) is 4.28. The maximum Gasteiger partial charge on any atom is 0.327 e. The van der Waals surface area contributed by atoms with E-state index in [4.69, 9.17) is 0 Å². The molecule has 0 bridgehead atoms. The third-order valence-corrected chi connectivity index (χ3v) is 6.63. The Morgan fingerprint density at radius 1 is 1.32 bits per heavy atom. The molecule has 2 fully saturated rings. The number of fused-ring (bicyclic) bond motifs is 1. The molecular formula is C15H16N2O6S2. The van der Waals surface area contributed by atoms with Crippen molar-refractivity contribution in [2.24, 2.45) is 0 Å². The number of aliphatic carboxylic acids is 2. The van der Waals surface area contributed by atoms with E-state index in [1.165, 1.54) is 28.0 Å². The minimum absolute atomic E-state index is 0.349. The molecule has 0 saturated carbocycles.